The molecule has 2 heterocycles. The van der Waals surface area contributed by atoms with Crippen molar-refractivity contribution in [1.29, 1.82) is 0 Å². The molecule has 0 amide bonds. The second kappa shape index (κ2) is 5.74. The molecule has 3 rings (SSSR count). The average Bonchev–Trinajstić information content (AvgIpc) is 2.97. The van der Waals surface area contributed by atoms with E-state index < -0.39 is 16.9 Å². The van der Waals surface area contributed by atoms with Crippen molar-refractivity contribution in [3.05, 3.63) is 45.5 Å². The first kappa shape index (κ1) is 16.2. The summed E-state index contributed by atoms with van der Waals surface area (Å²) >= 11 is 0. The number of nitro benzene ring substituents is 1. The molecule has 0 aliphatic carbocycles. The van der Waals surface area contributed by atoms with Crippen molar-refractivity contribution < 1.29 is 23.2 Å². The van der Waals surface area contributed by atoms with Crippen LogP contribution in [0, 0.1) is 10.1 Å². The molecule has 0 saturated heterocycles. The summed E-state index contributed by atoms with van der Waals surface area (Å²) in [7, 11) is 0. The van der Waals surface area contributed by atoms with Gasteiger partial charge in [0.1, 0.15) is 5.69 Å². The lowest BCUT2D eigenvalue weighted by atomic mass is 10.1. The van der Waals surface area contributed by atoms with Crippen LogP contribution in [0.4, 0.5) is 24.5 Å². The molecule has 0 saturated carbocycles. The van der Waals surface area contributed by atoms with Crippen LogP contribution in [0.1, 0.15) is 17.2 Å². The molecule has 0 atom stereocenters. The predicted molar refractivity (Wildman–Crippen MR) is 75.1 cm³/mol. The molecule has 2 aromatic rings. The van der Waals surface area contributed by atoms with E-state index in [0.717, 1.165) is 4.57 Å². The molecule has 0 bridgehead atoms. The number of aliphatic hydroxyl groups is 1. The van der Waals surface area contributed by atoms with Crippen LogP contribution in [0.2, 0.25) is 0 Å². The third-order valence-corrected chi connectivity index (χ3v) is 3.77. The van der Waals surface area contributed by atoms with E-state index in [9.17, 15) is 28.4 Å². The summed E-state index contributed by atoms with van der Waals surface area (Å²) in [5, 5.41) is 27.1. The Labute approximate surface area is 133 Å². The molecule has 1 aromatic heterocycles. The van der Waals surface area contributed by atoms with E-state index in [-0.39, 0.29) is 43.4 Å². The number of aliphatic hydroxyl groups excluding tert-OH is 1. The van der Waals surface area contributed by atoms with Crippen molar-refractivity contribution in [2.45, 2.75) is 25.9 Å². The number of halogens is 3. The number of alkyl halides is 3. The van der Waals surface area contributed by atoms with E-state index in [2.05, 4.69) is 10.2 Å². The van der Waals surface area contributed by atoms with Gasteiger partial charge < -0.3 is 14.6 Å². The Morgan fingerprint density at radius 1 is 1.29 bits per heavy atom. The Balaban J connectivity index is 1.96. The third-order valence-electron chi connectivity index (χ3n) is 3.77. The second-order valence-electron chi connectivity index (χ2n) is 5.25. The summed E-state index contributed by atoms with van der Waals surface area (Å²) < 4.78 is 39.5. The number of hydrogen-bond acceptors (Lipinski definition) is 6. The standard InChI is InChI=1S/C13H12F3N5O3/c14-13(15,16)12-18-17-11-6-19(3-4-20(11)12)10-5-8(7-22)1-2-9(10)21(23)24/h1-2,5,22H,3-4,6-7H2. The number of hydrogen-bond donors (Lipinski definition) is 1. The summed E-state index contributed by atoms with van der Waals surface area (Å²) in [5.74, 6) is -0.993. The molecule has 128 valence electrons. The van der Waals surface area contributed by atoms with Crippen molar-refractivity contribution in [1.82, 2.24) is 14.8 Å². The first-order valence-electron chi connectivity index (χ1n) is 6.93. The number of rotatable bonds is 3. The van der Waals surface area contributed by atoms with Gasteiger partial charge in [0, 0.05) is 19.2 Å². The minimum absolute atomic E-state index is 0.0429. The zero-order valence-electron chi connectivity index (χ0n) is 12.2. The summed E-state index contributed by atoms with van der Waals surface area (Å²) in [4.78, 5) is 12.2. The smallest absolute Gasteiger partial charge is 0.392 e. The molecular formula is C13H12F3N5O3. The van der Waals surface area contributed by atoms with Crippen LogP contribution in [0.3, 0.4) is 0 Å². The zero-order chi connectivity index (χ0) is 17.5. The normalized spacial score (nSPS) is 14.6. The molecule has 1 aliphatic rings. The van der Waals surface area contributed by atoms with Crippen molar-refractivity contribution in [2.24, 2.45) is 0 Å². The molecule has 1 N–H and O–H groups in total. The highest BCUT2D eigenvalue weighted by atomic mass is 19.4. The van der Waals surface area contributed by atoms with Gasteiger partial charge in [-0.05, 0) is 17.7 Å². The largest absolute Gasteiger partial charge is 0.451 e. The van der Waals surface area contributed by atoms with Crippen LogP contribution >= 0.6 is 0 Å². The van der Waals surface area contributed by atoms with Crippen LogP contribution in [0.5, 0.6) is 0 Å². The van der Waals surface area contributed by atoms with Crippen molar-refractivity contribution in [3.8, 4) is 0 Å². The van der Waals surface area contributed by atoms with E-state index in [1.807, 2.05) is 0 Å². The number of nitrogens with zero attached hydrogens (tertiary/aromatic N) is 5. The van der Waals surface area contributed by atoms with E-state index in [1.165, 1.54) is 18.2 Å². The van der Waals surface area contributed by atoms with Crippen molar-refractivity contribution in [2.75, 3.05) is 11.4 Å². The third kappa shape index (κ3) is 2.77. The van der Waals surface area contributed by atoms with Gasteiger partial charge in [0.2, 0.25) is 5.82 Å². The number of benzene rings is 1. The highest BCUT2D eigenvalue weighted by Gasteiger charge is 2.39. The maximum Gasteiger partial charge on any atom is 0.451 e. The molecule has 8 nitrogen and oxygen atoms in total. The minimum atomic E-state index is -4.60. The van der Waals surface area contributed by atoms with Crippen molar-refractivity contribution in [3.63, 3.8) is 0 Å². The topological polar surface area (TPSA) is 97.3 Å². The molecule has 11 heteroatoms. The monoisotopic (exact) mass is 343 g/mol. The van der Waals surface area contributed by atoms with Crippen LogP contribution in [-0.4, -0.2) is 31.3 Å². The lowest BCUT2D eigenvalue weighted by molar-refractivity contribution is -0.384. The van der Waals surface area contributed by atoms with Crippen LogP contribution < -0.4 is 4.90 Å². The summed E-state index contributed by atoms with van der Waals surface area (Å²) in [5.41, 5.74) is 0.518. The number of nitro groups is 1. The zero-order valence-corrected chi connectivity index (χ0v) is 12.2. The molecule has 1 aromatic carbocycles. The number of anilines is 1. The Morgan fingerprint density at radius 3 is 2.67 bits per heavy atom. The van der Waals surface area contributed by atoms with Gasteiger partial charge in [-0.2, -0.15) is 13.2 Å². The molecule has 0 fully saturated rings. The summed E-state index contributed by atoms with van der Waals surface area (Å²) in [6.07, 6.45) is -4.60. The maximum atomic E-state index is 12.8. The Bertz CT molecular complexity index is 790. The van der Waals surface area contributed by atoms with Gasteiger partial charge in [0.15, 0.2) is 5.82 Å². The molecule has 0 spiro atoms. The quantitative estimate of drug-likeness (QED) is 0.673. The van der Waals surface area contributed by atoms with Gasteiger partial charge in [-0.25, -0.2) is 0 Å². The molecular weight excluding hydrogens is 331 g/mol. The van der Waals surface area contributed by atoms with Crippen LogP contribution in [0.15, 0.2) is 18.2 Å². The van der Waals surface area contributed by atoms with Gasteiger partial charge in [-0.1, -0.05) is 0 Å². The second-order valence-corrected chi connectivity index (χ2v) is 5.25. The molecule has 0 unspecified atom stereocenters. The minimum Gasteiger partial charge on any atom is -0.392 e. The predicted octanol–water partition coefficient (Wildman–Crippen LogP) is 1.72. The highest BCUT2D eigenvalue weighted by molar-refractivity contribution is 5.64. The van der Waals surface area contributed by atoms with Crippen molar-refractivity contribution >= 4 is 11.4 Å². The molecule has 1 aliphatic heterocycles. The van der Waals surface area contributed by atoms with Gasteiger partial charge in [0.25, 0.3) is 5.69 Å². The summed E-state index contributed by atoms with van der Waals surface area (Å²) in [6, 6.07) is 4.14. The highest BCUT2D eigenvalue weighted by Crippen LogP contribution is 2.34. The molecule has 24 heavy (non-hydrogen) atoms. The number of fused-ring (bicyclic) bond motifs is 1. The SMILES string of the molecule is O=[N+]([O-])c1ccc(CO)cc1N1CCn2c(nnc2C(F)(F)F)C1. The van der Waals surface area contributed by atoms with Gasteiger partial charge in [0.05, 0.1) is 18.1 Å². The fraction of sp³-hybridized carbons (Fsp3) is 0.385. The Hall–Kier alpha value is -2.69. The Kier molecular flexibility index (Phi) is 3.87. The van der Waals surface area contributed by atoms with E-state index in [4.69, 9.17) is 0 Å². The average molecular weight is 343 g/mol. The van der Waals surface area contributed by atoms with E-state index in [1.54, 1.807) is 4.90 Å². The first-order chi connectivity index (χ1) is 11.3. The van der Waals surface area contributed by atoms with Gasteiger partial charge >= 0.3 is 6.18 Å². The lowest BCUT2D eigenvalue weighted by Crippen LogP contribution is -2.35. The van der Waals surface area contributed by atoms with E-state index in [0.29, 0.717) is 5.56 Å². The van der Waals surface area contributed by atoms with Gasteiger partial charge in [-0.3, -0.25) is 10.1 Å². The lowest BCUT2D eigenvalue weighted by Gasteiger charge is -2.29. The maximum absolute atomic E-state index is 12.8. The fourth-order valence-electron chi connectivity index (χ4n) is 2.65. The number of aromatic nitrogens is 3. The summed E-state index contributed by atoms with van der Waals surface area (Å²) in [6.45, 7) is -0.256. The van der Waals surface area contributed by atoms with Crippen LogP contribution in [0.25, 0.3) is 0 Å². The van der Waals surface area contributed by atoms with E-state index >= 15 is 0 Å². The Morgan fingerprint density at radius 2 is 2.04 bits per heavy atom. The van der Waals surface area contributed by atoms with Gasteiger partial charge in [-0.15, -0.1) is 10.2 Å². The first-order valence-corrected chi connectivity index (χ1v) is 6.93. The van der Waals surface area contributed by atoms with Crippen LogP contribution in [-0.2, 0) is 25.9 Å². The fourth-order valence-corrected chi connectivity index (χ4v) is 2.65. The molecule has 0 radical (unpaired) electrons.